The summed E-state index contributed by atoms with van der Waals surface area (Å²) in [6.07, 6.45) is 6.86. The molecule has 0 unspecified atom stereocenters. The summed E-state index contributed by atoms with van der Waals surface area (Å²) >= 11 is 3.75. The molecule has 66 heavy (non-hydrogen) atoms. The Balaban J connectivity index is 1.06. The number of aromatic nitrogens is 2. The van der Waals surface area contributed by atoms with Crippen LogP contribution in [0.15, 0.2) is 182 Å². The third kappa shape index (κ3) is 6.34. The van der Waals surface area contributed by atoms with Gasteiger partial charge in [-0.2, -0.15) is 0 Å². The second kappa shape index (κ2) is 15.9. The number of rotatable bonds is 10. The zero-order chi connectivity index (χ0) is 43.9. The molecule has 4 heterocycles. The van der Waals surface area contributed by atoms with Gasteiger partial charge in [-0.25, -0.2) is 0 Å². The Morgan fingerprint density at radius 3 is 1.52 bits per heavy atom. The first-order valence-electron chi connectivity index (χ1n) is 23.7. The van der Waals surface area contributed by atoms with Gasteiger partial charge in [0.15, 0.2) is 0 Å². The summed E-state index contributed by atoms with van der Waals surface area (Å²) in [5, 5.41) is 10.5. The summed E-state index contributed by atoms with van der Waals surface area (Å²) in [7, 11) is 0. The molecule has 0 amide bonds. The van der Waals surface area contributed by atoms with Gasteiger partial charge in [0, 0.05) is 73.3 Å². The third-order valence-corrected chi connectivity index (χ3v) is 16.4. The molecule has 318 valence electrons. The van der Waals surface area contributed by atoms with E-state index in [1.807, 2.05) is 22.7 Å². The lowest BCUT2D eigenvalue weighted by Gasteiger charge is -2.13. The predicted octanol–water partition coefficient (Wildman–Crippen LogP) is 18.6. The van der Waals surface area contributed by atoms with E-state index in [0.29, 0.717) is 0 Å². The van der Waals surface area contributed by atoms with Crippen LogP contribution in [-0.4, -0.2) is 9.13 Å². The van der Waals surface area contributed by atoms with E-state index >= 15 is 0 Å². The molecular weight excluding hydrogens is 837 g/mol. The van der Waals surface area contributed by atoms with Crippen molar-refractivity contribution in [2.75, 3.05) is 0 Å². The molecular formula is C62H48N2S2. The maximum atomic E-state index is 2.57. The lowest BCUT2D eigenvalue weighted by atomic mass is 10.0. The van der Waals surface area contributed by atoms with Crippen molar-refractivity contribution < 1.29 is 0 Å². The Morgan fingerprint density at radius 2 is 0.879 bits per heavy atom. The summed E-state index contributed by atoms with van der Waals surface area (Å²) in [4.78, 5) is 0. The number of thiophene rings is 2. The van der Waals surface area contributed by atoms with E-state index < -0.39 is 0 Å². The van der Waals surface area contributed by atoms with Crippen LogP contribution in [0, 0.1) is 0 Å². The van der Waals surface area contributed by atoms with Crippen LogP contribution in [-0.2, 0) is 12.8 Å². The molecule has 0 saturated carbocycles. The number of hydrogen-bond donors (Lipinski definition) is 0. The molecule has 4 aromatic heterocycles. The van der Waals surface area contributed by atoms with Gasteiger partial charge in [-0.05, 0) is 144 Å². The fourth-order valence-corrected chi connectivity index (χ4v) is 13.0. The minimum atomic E-state index is 1.07. The zero-order valence-electron chi connectivity index (χ0n) is 37.3. The summed E-state index contributed by atoms with van der Waals surface area (Å²) in [6.45, 7) is 4.58. The monoisotopic (exact) mass is 884 g/mol. The maximum absolute atomic E-state index is 2.57. The van der Waals surface area contributed by atoms with Gasteiger partial charge in [0.2, 0.25) is 0 Å². The van der Waals surface area contributed by atoms with E-state index in [0.717, 1.165) is 12.8 Å². The topological polar surface area (TPSA) is 9.86 Å². The second-order valence-corrected chi connectivity index (χ2v) is 20.3. The molecule has 0 fully saturated rings. The van der Waals surface area contributed by atoms with Gasteiger partial charge in [0.1, 0.15) is 0 Å². The van der Waals surface area contributed by atoms with Crippen LogP contribution in [0.25, 0.3) is 118 Å². The molecule has 0 N–H and O–H groups in total. The number of nitrogens with zero attached hydrogens (tertiary/aromatic N) is 2. The van der Waals surface area contributed by atoms with Gasteiger partial charge in [-0.1, -0.05) is 124 Å². The molecule has 2 nitrogen and oxygen atoms in total. The predicted molar refractivity (Wildman–Crippen MR) is 289 cm³/mol. The number of fused-ring (bicyclic) bond motifs is 13. The van der Waals surface area contributed by atoms with Gasteiger partial charge >= 0.3 is 0 Å². The first kappa shape index (κ1) is 39.4. The Bertz CT molecular complexity index is 4040. The molecule has 0 bridgehead atoms. The Labute approximate surface area is 392 Å². The van der Waals surface area contributed by atoms with Crippen molar-refractivity contribution in [3.63, 3.8) is 0 Å². The molecule has 0 aliphatic heterocycles. The van der Waals surface area contributed by atoms with Crippen LogP contribution in [0.3, 0.4) is 0 Å². The van der Waals surface area contributed by atoms with Gasteiger partial charge < -0.3 is 9.13 Å². The van der Waals surface area contributed by atoms with Gasteiger partial charge in [0.25, 0.3) is 0 Å². The molecule has 13 aromatic rings. The summed E-state index contributed by atoms with van der Waals surface area (Å²) in [6, 6.07) is 69.4. The quantitative estimate of drug-likeness (QED) is 0.129. The van der Waals surface area contributed by atoms with Crippen LogP contribution in [0.4, 0.5) is 0 Å². The molecule has 0 spiro atoms. The van der Waals surface area contributed by atoms with Crippen LogP contribution < -0.4 is 0 Å². The molecule has 0 aliphatic rings. The van der Waals surface area contributed by atoms with Crippen LogP contribution in [0.1, 0.15) is 50.7 Å². The highest BCUT2D eigenvalue weighted by Gasteiger charge is 2.22. The van der Waals surface area contributed by atoms with Crippen LogP contribution >= 0.6 is 22.7 Å². The smallest absolute Gasteiger partial charge is 0.0641 e. The van der Waals surface area contributed by atoms with Crippen molar-refractivity contribution in [1.82, 2.24) is 9.13 Å². The molecule has 0 aliphatic carbocycles. The second-order valence-electron chi connectivity index (χ2n) is 18.2. The third-order valence-electron chi connectivity index (χ3n) is 14.1. The number of hydrogen-bond acceptors (Lipinski definition) is 2. The Morgan fingerprint density at radius 1 is 0.348 bits per heavy atom. The molecule has 0 atom stereocenters. The van der Waals surface area contributed by atoms with Crippen molar-refractivity contribution in [3.05, 3.63) is 193 Å². The standard InChI is InChI=1S/C62H48N2S2/c1-3-5-13-39-24-29-54-51(33-39)49-28-30-55-61(62(49)64(54)46-18-12-16-42(36-46)44-26-32-60-53(38-44)48-20-8-10-22-58(48)66-60)50-27-23-40(14-6-4-2)34-56(50)63(55)45-17-11-15-41(35-45)43-25-31-59-52(37-43)47-19-7-9-21-57(47)65-59/h7-12,15-38H,3-6,13-14H2,1-2H3. The molecule has 0 saturated heterocycles. The lowest BCUT2D eigenvalue weighted by molar-refractivity contribution is 0.795. The van der Waals surface area contributed by atoms with Crippen LogP contribution in [0.2, 0.25) is 0 Å². The number of aryl methyl sites for hydroxylation is 2. The normalized spacial score (nSPS) is 12.2. The van der Waals surface area contributed by atoms with E-state index in [2.05, 4.69) is 205 Å². The SMILES string of the molecule is CCCCc1ccc2c(c1)c1ccc3c(c4ccc(CCCC)cc4n3-c3cccc(-c4ccc5sc6ccccc6c5c4)c3)c1n2-c1cccc(-c2ccc3sc4ccccc4c3c2)c1. The number of unbranched alkanes of at least 4 members (excludes halogenated alkanes) is 2. The largest absolute Gasteiger partial charge is 0.309 e. The minimum absolute atomic E-state index is 1.07. The number of benzene rings is 9. The summed E-state index contributed by atoms with van der Waals surface area (Å²) in [5.74, 6) is 0. The van der Waals surface area contributed by atoms with E-state index in [1.54, 1.807) is 0 Å². The zero-order valence-corrected chi connectivity index (χ0v) is 38.9. The average Bonchev–Trinajstić information content (AvgIpc) is 4.12. The highest BCUT2D eigenvalue weighted by atomic mass is 32.1. The van der Waals surface area contributed by atoms with Crippen molar-refractivity contribution in [3.8, 4) is 33.6 Å². The summed E-state index contributed by atoms with van der Waals surface area (Å²) < 4.78 is 10.5. The fraction of sp³-hybridized carbons (Fsp3) is 0.129. The average molecular weight is 885 g/mol. The maximum Gasteiger partial charge on any atom is 0.0641 e. The Hall–Kier alpha value is -6.98. The minimum Gasteiger partial charge on any atom is -0.309 e. The molecule has 4 heteroatoms. The van der Waals surface area contributed by atoms with Crippen molar-refractivity contribution in [2.45, 2.75) is 52.4 Å². The van der Waals surface area contributed by atoms with Crippen molar-refractivity contribution in [1.29, 1.82) is 0 Å². The van der Waals surface area contributed by atoms with E-state index in [4.69, 9.17) is 0 Å². The molecule has 13 rings (SSSR count). The first-order valence-corrected chi connectivity index (χ1v) is 25.3. The van der Waals surface area contributed by atoms with Crippen molar-refractivity contribution >= 4 is 107 Å². The van der Waals surface area contributed by atoms with Gasteiger partial charge in [0.05, 0.1) is 22.1 Å². The molecule has 9 aromatic carbocycles. The fourth-order valence-electron chi connectivity index (χ4n) is 10.8. The highest BCUT2D eigenvalue weighted by Crippen LogP contribution is 2.44. The van der Waals surface area contributed by atoms with E-state index in [9.17, 15) is 0 Å². The highest BCUT2D eigenvalue weighted by molar-refractivity contribution is 7.26. The lowest BCUT2D eigenvalue weighted by Crippen LogP contribution is -1.96. The van der Waals surface area contributed by atoms with E-state index in [1.165, 1.54) is 154 Å². The van der Waals surface area contributed by atoms with Gasteiger partial charge in [-0.15, -0.1) is 22.7 Å². The van der Waals surface area contributed by atoms with Crippen molar-refractivity contribution in [2.24, 2.45) is 0 Å². The first-order chi connectivity index (χ1) is 32.6. The van der Waals surface area contributed by atoms with Gasteiger partial charge in [-0.3, -0.25) is 0 Å². The Kier molecular flexibility index (Phi) is 9.47. The van der Waals surface area contributed by atoms with E-state index in [-0.39, 0.29) is 0 Å². The summed E-state index contributed by atoms with van der Waals surface area (Å²) in [5.41, 5.74) is 15.1. The molecule has 0 radical (unpaired) electrons. The van der Waals surface area contributed by atoms with Crippen LogP contribution in [0.5, 0.6) is 0 Å².